The highest BCUT2D eigenvalue weighted by atomic mass is 32.1. The zero-order valence-corrected chi connectivity index (χ0v) is 15.7. The number of carboxylic acid groups (broad SMARTS) is 1. The maximum absolute atomic E-state index is 12.8. The number of hydrogen-bond donors (Lipinski definition) is 2. The normalized spacial score (nSPS) is 16.0. The number of aryl methyl sites for hydroxylation is 1. The number of carboxylic acids is 1. The van der Waals surface area contributed by atoms with Gasteiger partial charge in [0, 0.05) is 7.11 Å². The van der Waals surface area contributed by atoms with Crippen LogP contribution in [0.15, 0.2) is 0 Å². The minimum atomic E-state index is -1.18. The summed E-state index contributed by atoms with van der Waals surface area (Å²) in [4.78, 5) is 34.3. The maximum Gasteiger partial charge on any atom is 0.329 e. The summed E-state index contributed by atoms with van der Waals surface area (Å²) >= 11 is 1.20. The fraction of sp³-hybridized carbons (Fsp3) is 0.529. The van der Waals surface area contributed by atoms with Crippen LogP contribution in [0.25, 0.3) is 10.2 Å². The van der Waals surface area contributed by atoms with Crippen LogP contribution in [0.2, 0.25) is 0 Å². The Balaban J connectivity index is 2.01. The van der Waals surface area contributed by atoms with Crippen LogP contribution < -0.4 is 10.1 Å². The number of rotatable bonds is 6. The Morgan fingerprint density at radius 3 is 2.54 bits per heavy atom. The van der Waals surface area contributed by atoms with Crippen LogP contribution in [0.3, 0.4) is 0 Å². The monoisotopic (exact) mass is 379 g/mol. The van der Waals surface area contributed by atoms with Crippen LogP contribution in [0.4, 0.5) is 0 Å². The first-order chi connectivity index (χ1) is 12.4. The number of carbonyl (C=O) groups is 2. The van der Waals surface area contributed by atoms with Crippen LogP contribution in [-0.4, -0.2) is 46.7 Å². The number of fused-ring (bicyclic) bond motifs is 1. The smallest absolute Gasteiger partial charge is 0.329 e. The number of aromatic nitrogens is 2. The van der Waals surface area contributed by atoms with E-state index in [0.29, 0.717) is 45.2 Å². The van der Waals surface area contributed by atoms with Crippen molar-refractivity contribution in [3.05, 3.63) is 16.3 Å². The predicted molar refractivity (Wildman–Crippen MR) is 95.7 cm³/mol. The van der Waals surface area contributed by atoms with Crippen molar-refractivity contribution in [2.75, 3.05) is 14.2 Å². The van der Waals surface area contributed by atoms with Gasteiger partial charge in [-0.1, -0.05) is 12.8 Å². The molecule has 26 heavy (non-hydrogen) atoms. The number of nitrogens with zero attached hydrogens (tertiary/aromatic N) is 2. The lowest BCUT2D eigenvalue weighted by atomic mass is 9.97. The van der Waals surface area contributed by atoms with Gasteiger partial charge in [0.25, 0.3) is 5.91 Å². The molecule has 0 radical (unpaired) electrons. The van der Waals surface area contributed by atoms with E-state index in [9.17, 15) is 14.7 Å². The van der Waals surface area contributed by atoms with Gasteiger partial charge < -0.3 is 19.9 Å². The summed E-state index contributed by atoms with van der Waals surface area (Å²) in [5.41, 5.74) is -0.502. The second kappa shape index (κ2) is 7.16. The number of amides is 1. The van der Waals surface area contributed by atoms with E-state index in [1.54, 1.807) is 14.0 Å². The van der Waals surface area contributed by atoms with Crippen LogP contribution in [0.5, 0.6) is 5.88 Å². The van der Waals surface area contributed by atoms with Crippen LogP contribution in [0, 0.1) is 6.92 Å². The molecule has 1 aliphatic carbocycles. The molecular weight excluding hydrogens is 358 g/mol. The van der Waals surface area contributed by atoms with Crippen molar-refractivity contribution in [1.29, 1.82) is 0 Å². The molecule has 0 aromatic carbocycles. The number of nitrogens with one attached hydrogen (secondary N) is 1. The van der Waals surface area contributed by atoms with Crippen LogP contribution in [-0.2, 0) is 16.1 Å². The number of ether oxygens (including phenoxy) is 2. The fourth-order valence-electron chi connectivity index (χ4n) is 3.35. The van der Waals surface area contributed by atoms with Gasteiger partial charge in [-0.15, -0.1) is 11.3 Å². The second-order valence-corrected chi connectivity index (χ2v) is 7.37. The molecule has 1 amide bonds. The highest BCUT2D eigenvalue weighted by Crippen LogP contribution is 2.36. The van der Waals surface area contributed by atoms with E-state index in [1.165, 1.54) is 18.4 Å². The first kappa shape index (κ1) is 18.5. The molecule has 0 aliphatic heterocycles. The Bertz CT molecular complexity index is 858. The number of thiophene rings is 1. The SMILES string of the molecule is COCc1nc(OC)c2c(C)c(C(=O)NC3(C(=O)O)CCCC3)sc2n1. The number of carbonyl (C=O) groups excluding carboxylic acids is 1. The molecule has 0 bridgehead atoms. The lowest BCUT2D eigenvalue weighted by Crippen LogP contribution is -2.52. The molecule has 2 aromatic rings. The number of methoxy groups -OCH3 is 2. The van der Waals surface area contributed by atoms with E-state index in [2.05, 4.69) is 15.3 Å². The summed E-state index contributed by atoms with van der Waals surface area (Å²) in [6, 6.07) is 0. The second-order valence-electron chi connectivity index (χ2n) is 6.37. The molecule has 1 fully saturated rings. The molecule has 140 valence electrons. The first-order valence-electron chi connectivity index (χ1n) is 8.30. The number of aliphatic carboxylic acids is 1. The summed E-state index contributed by atoms with van der Waals surface area (Å²) in [6.07, 6.45) is 2.47. The zero-order valence-electron chi connectivity index (χ0n) is 14.9. The third-order valence-corrected chi connectivity index (χ3v) is 5.88. The summed E-state index contributed by atoms with van der Waals surface area (Å²) in [5, 5.41) is 13.0. The lowest BCUT2D eigenvalue weighted by Gasteiger charge is -2.25. The topological polar surface area (TPSA) is 111 Å². The summed E-state index contributed by atoms with van der Waals surface area (Å²) in [6.45, 7) is 2.02. The van der Waals surface area contributed by atoms with Crippen LogP contribution in [0.1, 0.15) is 46.7 Å². The minimum Gasteiger partial charge on any atom is -0.480 e. The van der Waals surface area contributed by atoms with Crippen LogP contribution >= 0.6 is 11.3 Å². The van der Waals surface area contributed by atoms with Gasteiger partial charge >= 0.3 is 5.97 Å². The third-order valence-electron chi connectivity index (χ3n) is 4.70. The number of hydrogen-bond acceptors (Lipinski definition) is 7. The maximum atomic E-state index is 12.8. The van der Waals surface area contributed by atoms with Crippen molar-refractivity contribution in [3.8, 4) is 5.88 Å². The predicted octanol–water partition coefficient (Wildman–Crippen LogP) is 2.28. The first-order valence-corrected chi connectivity index (χ1v) is 9.12. The third kappa shape index (κ3) is 3.12. The van der Waals surface area contributed by atoms with E-state index in [-0.39, 0.29) is 6.61 Å². The minimum absolute atomic E-state index is 0.229. The average molecular weight is 379 g/mol. The van der Waals surface area contributed by atoms with Gasteiger partial charge in [-0.3, -0.25) is 4.79 Å². The molecule has 2 aromatic heterocycles. The molecule has 2 heterocycles. The summed E-state index contributed by atoms with van der Waals surface area (Å²) < 4.78 is 10.4. The Labute approximate surface area is 154 Å². The molecule has 9 heteroatoms. The van der Waals surface area contributed by atoms with Gasteiger partial charge in [-0.2, -0.15) is 4.98 Å². The van der Waals surface area contributed by atoms with E-state index in [1.807, 2.05) is 0 Å². The lowest BCUT2D eigenvalue weighted by molar-refractivity contribution is -0.144. The van der Waals surface area contributed by atoms with E-state index < -0.39 is 17.4 Å². The largest absolute Gasteiger partial charge is 0.480 e. The summed E-state index contributed by atoms with van der Waals surface area (Å²) in [5.74, 6) is -0.543. The van der Waals surface area contributed by atoms with Crippen molar-refractivity contribution in [3.63, 3.8) is 0 Å². The molecule has 0 atom stereocenters. The highest BCUT2D eigenvalue weighted by Gasteiger charge is 2.43. The van der Waals surface area contributed by atoms with Crippen molar-refractivity contribution < 1.29 is 24.2 Å². The molecule has 0 saturated heterocycles. The van der Waals surface area contributed by atoms with Gasteiger partial charge in [0.2, 0.25) is 5.88 Å². The van der Waals surface area contributed by atoms with Gasteiger partial charge in [0.1, 0.15) is 17.0 Å². The zero-order chi connectivity index (χ0) is 18.9. The molecule has 0 spiro atoms. The Hall–Kier alpha value is -2.26. The molecular formula is C17H21N3O5S. The van der Waals surface area contributed by atoms with E-state index >= 15 is 0 Å². The Kier molecular flexibility index (Phi) is 5.10. The van der Waals surface area contributed by atoms with E-state index in [0.717, 1.165) is 12.8 Å². The molecule has 1 saturated carbocycles. The summed E-state index contributed by atoms with van der Waals surface area (Å²) in [7, 11) is 3.05. The van der Waals surface area contributed by atoms with Crippen molar-refractivity contribution >= 4 is 33.4 Å². The Morgan fingerprint density at radius 1 is 1.27 bits per heavy atom. The van der Waals surface area contributed by atoms with Crippen molar-refractivity contribution in [1.82, 2.24) is 15.3 Å². The van der Waals surface area contributed by atoms with Gasteiger partial charge in [-0.25, -0.2) is 9.78 Å². The Morgan fingerprint density at radius 2 is 1.96 bits per heavy atom. The van der Waals surface area contributed by atoms with Crippen molar-refractivity contribution in [2.24, 2.45) is 0 Å². The molecule has 1 aliphatic rings. The molecule has 8 nitrogen and oxygen atoms in total. The van der Waals surface area contributed by atoms with Gasteiger partial charge in [0.15, 0.2) is 5.82 Å². The molecule has 2 N–H and O–H groups in total. The van der Waals surface area contributed by atoms with Gasteiger partial charge in [-0.05, 0) is 25.3 Å². The standard InChI is InChI=1S/C17H21N3O5S/c1-9-11-14(25-3)18-10(8-24-2)19-15(11)26-12(9)13(21)20-17(16(22)23)6-4-5-7-17/h4-8H2,1-3H3,(H,20,21)(H,22,23). The molecule has 0 unspecified atom stereocenters. The molecule has 3 rings (SSSR count). The van der Waals surface area contributed by atoms with Crippen molar-refractivity contribution in [2.45, 2.75) is 44.8 Å². The average Bonchev–Trinajstić information content (AvgIpc) is 3.20. The van der Waals surface area contributed by atoms with E-state index in [4.69, 9.17) is 9.47 Å². The fourth-order valence-corrected chi connectivity index (χ4v) is 4.43. The quantitative estimate of drug-likeness (QED) is 0.792. The van der Waals surface area contributed by atoms with Gasteiger partial charge in [0.05, 0.1) is 17.4 Å². The highest BCUT2D eigenvalue weighted by molar-refractivity contribution is 7.20.